The molecule has 0 aromatic heterocycles. The molecule has 3 aromatic rings. The smallest absolute Gasteiger partial charge is 0.209 e. The molecular weight excluding hydrogens is 544 g/mol. The Labute approximate surface area is 272 Å². The summed E-state index contributed by atoms with van der Waals surface area (Å²) in [4.78, 5) is 2.58. The molecule has 0 saturated carbocycles. The van der Waals surface area contributed by atoms with Crippen molar-refractivity contribution in [3.63, 3.8) is 0 Å². The molecule has 3 aliphatic rings. The number of fused-ring (bicyclic) bond motifs is 2. The zero-order valence-electron chi connectivity index (χ0n) is 28.4. The normalized spacial score (nSPS) is 20.3. The van der Waals surface area contributed by atoms with Crippen LogP contribution in [0.3, 0.4) is 0 Å². The minimum atomic E-state index is -0.0268. The Bertz CT molecular complexity index is 1710. The lowest BCUT2D eigenvalue weighted by Gasteiger charge is -2.27. The fraction of sp³-hybridized carbons (Fsp3) is 0.372. The fourth-order valence-electron chi connectivity index (χ4n) is 7.79. The van der Waals surface area contributed by atoms with E-state index in [1.807, 2.05) is 0 Å². The van der Waals surface area contributed by atoms with Crippen LogP contribution in [-0.4, -0.2) is 23.4 Å². The lowest BCUT2D eigenvalue weighted by atomic mass is 9.81. The molecule has 2 nitrogen and oxygen atoms in total. The first kappa shape index (κ1) is 31.1. The molecule has 0 fully saturated rings. The summed E-state index contributed by atoms with van der Waals surface area (Å²) in [7, 11) is 0. The number of rotatable bonds is 10. The molecular formula is C43H51N2+. The van der Waals surface area contributed by atoms with E-state index >= 15 is 0 Å². The Balaban J connectivity index is 1.42. The van der Waals surface area contributed by atoms with Crippen LogP contribution in [0.25, 0.3) is 5.57 Å². The van der Waals surface area contributed by atoms with Crippen molar-refractivity contribution in [3.05, 3.63) is 137 Å². The molecule has 0 atom stereocenters. The van der Waals surface area contributed by atoms with Gasteiger partial charge < -0.3 is 4.90 Å². The summed E-state index contributed by atoms with van der Waals surface area (Å²) >= 11 is 0. The Morgan fingerprint density at radius 3 is 2.16 bits per heavy atom. The minimum Gasteiger partial charge on any atom is -0.344 e. The number of anilines is 1. The van der Waals surface area contributed by atoms with Crippen LogP contribution < -0.4 is 4.90 Å². The predicted octanol–water partition coefficient (Wildman–Crippen LogP) is 11.1. The highest BCUT2D eigenvalue weighted by Crippen LogP contribution is 2.48. The van der Waals surface area contributed by atoms with Gasteiger partial charge in [0.25, 0.3) is 0 Å². The number of benzene rings is 3. The Hall–Kier alpha value is -3.91. The summed E-state index contributed by atoms with van der Waals surface area (Å²) in [5.41, 5.74) is 14.0. The lowest BCUT2D eigenvalue weighted by molar-refractivity contribution is -0.438. The average molecular weight is 596 g/mol. The Morgan fingerprint density at radius 2 is 1.40 bits per heavy atom. The number of nitrogens with zero attached hydrogens (tertiary/aromatic N) is 2. The molecule has 232 valence electrons. The summed E-state index contributed by atoms with van der Waals surface area (Å²) in [6, 6.07) is 29.1. The SMILES string of the molecule is CCCCN1/C(=C/C=C2\CCC(/C=C/C3=[N+](CCCC)c4ccccc4C3(C)C)=C2c2ccccc2)C(C)(C)c2ccccc21. The summed E-state index contributed by atoms with van der Waals surface area (Å²) in [5.74, 6) is 0. The van der Waals surface area contributed by atoms with Gasteiger partial charge in [0.05, 0.1) is 5.41 Å². The van der Waals surface area contributed by atoms with E-state index in [1.54, 1.807) is 0 Å². The zero-order valence-corrected chi connectivity index (χ0v) is 28.4. The van der Waals surface area contributed by atoms with Crippen LogP contribution >= 0.6 is 0 Å². The topological polar surface area (TPSA) is 6.25 Å². The van der Waals surface area contributed by atoms with Gasteiger partial charge in [-0.2, -0.15) is 4.58 Å². The molecule has 0 N–H and O–H groups in total. The van der Waals surface area contributed by atoms with Gasteiger partial charge in [-0.1, -0.05) is 119 Å². The van der Waals surface area contributed by atoms with E-state index in [2.05, 4.69) is 154 Å². The van der Waals surface area contributed by atoms with E-state index in [4.69, 9.17) is 0 Å². The summed E-state index contributed by atoms with van der Waals surface area (Å²) in [6.45, 7) is 16.3. The van der Waals surface area contributed by atoms with E-state index in [0.717, 1.165) is 25.9 Å². The number of hydrogen-bond donors (Lipinski definition) is 0. The lowest BCUT2D eigenvalue weighted by Crippen LogP contribution is -2.28. The Morgan fingerprint density at radius 1 is 0.711 bits per heavy atom. The third-order valence-corrected chi connectivity index (χ3v) is 10.3. The second-order valence-corrected chi connectivity index (χ2v) is 14.0. The first-order valence-electron chi connectivity index (χ1n) is 17.3. The van der Waals surface area contributed by atoms with Gasteiger partial charge in [0.1, 0.15) is 6.54 Å². The van der Waals surface area contributed by atoms with Crippen molar-refractivity contribution in [2.24, 2.45) is 0 Å². The van der Waals surface area contributed by atoms with Crippen molar-refractivity contribution in [3.8, 4) is 0 Å². The van der Waals surface area contributed by atoms with Gasteiger partial charge in [0.2, 0.25) is 5.69 Å². The van der Waals surface area contributed by atoms with Crippen molar-refractivity contribution in [2.45, 2.75) is 90.9 Å². The number of hydrogen-bond acceptors (Lipinski definition) is 1. The largest absolute Gasteiger partial charge is 0.344 e. The van der Waals surface area contributed by atoms with E-state index < -0.39 is 0 Å². The maximum atomic E-state index is 2.58. The molecule has 0 bridgehead atoms. The first-order chi connectivity index (χ1) is 21.8. The summed E-state index contributed by atoms with van der Waals surface area (Å²) < 4.78 is 2.58. The standard InChI is InChI=1S/C43H51N2/c1-7-9-30-44-37-22-16-14-20-35(37)42(3,4)39(44)28-26-33-24-25-34(41(33)32-18-12-11-13-19-32)27-29-40-43(5,6)36-21-15-17-23-38(36)45(40)31-10-8-2/h11-23,26-29H,7-10,24-25,30-31H2,1-6H3/q+1. The number of allylic oxidation sites excluding steroid dienone is 8. The van der Waals surface area contributed by atoms with Crippen molar-refractivity contribution < 1.29 is 4.58 Å². The molecule has 0 radical (unpaired) electrons. The van der Waals surface area contributed by atoms with E-state index in [0.29, 0.717) is 0 Å². The van der Waals surface area contributed by atoms with Gasteiger partial charge in [0.15, 0.2) is 5.71 Å². The van der Waals surface area contributed by atoms with Crippen LogP contribution in [0.4, 0.5) is 11.4 Å². The highest BCUT2D eigenvalue weighted by molar-refractivity contribution is 6.03. The van der Waals surface area contributed by atoms with Crippen LogP contribution in [0.5, 0.6) is 0 Å². The highest BCUT2D eigenvalue weighted by Gasteiger charge is 2.44. The van der Waals surface area contributed by atoms with Crippen LogP contribution in [0.1, 0.15) is 96.8 Å². The molecule has 45 heavy (non-hydrogen) atoms. The quantitative estimate of drug-likeness (QED) is 0.211. The fourth-order valence-corrected chi connectivity index (χ4v) is 7.79. The minimum absolute atomic E-state index is 0.0268. The molecule has 3 aromatic carbocycles. The molecule has 6 rings (SSSR count). The van der Waals surface area contributed by atoms with Gasteiger partial charge in [-0.3, -0.25) is 0 Å². The average Bonchev–Trinajstić information content (AvgIpc) is 3.62. The van der Waals surface area contributed by atoms with Crippen molar-refractivity contribution in [2.75, 3.05) is 18.0 Å². The third kappa shape index (κ3) is 5.69. The summed E-state index contributed by atoms with van der Waals surface area (Å²) in [5, 5.41) is 0. The zero-order chi connectivity index (χ0) is 31.6. The number of unbranched alkanes of at least 4 members (excludes halogenated alkanes) is 2. The second-order valence-electron chi connectivity index (χ2n) is 14.0. The van der Waals surface area contributed by atoms with Gasteiger partial charge in [-0.15, -0.1) is 0 Å². The third-order valence-electron chi connectivity index (χ3n) is 10.3. The molecule has 1 aliphatic carbocycles. The van der Waals surface area contributed by atoms with Gasteiger partial charge in [-0.05, 0) is 73.1 Å². The van der Waals surface area contributed by atoms with E-state index in [9.17, 15) is 0 Å². The van der Waals surface area contributed by atoms with E-state index in [-0.39, 0.29) is 10.8 Å². The predicted molar refractivity (Wildman–Crippen MR) is 194 cm³/mol. The van der Waals surface area contributed by atoms with Crippen LogP contribution in [-0.2, 0) is 10.8 Å². The van der Waals surface area contributed by atoms with Crippen LogP contribution in [0, 0.1) is 0 Å². The second kappa shape index (κ2) is 12.8. The molecule has 0 amide bonds. The molecule has 0 spiro atoms. The van der Waals surface area contributed by atoms with Gasteiger partial charge in [0, 0.05) is 47.5 Å². The molecule has 0 unspecified atom stereocenters. The first-order valence-corrected chi connectivity index (χ1v) is 17.3. The maximum absolute atomic E-state index is 2.58. The Kier molecular flexibility index (Phi) is 8.87. The van der Waals surface area contributed by atoms with Crippen molar-refractivity contribution in [1.82, 2.24) is 0 Å². The molecule has 0 saturated heterocycles. The maximum Gasteiger partial charge on any atom is 0.209 e. The highest BCUT2D eigenvalue weighted by atomic mass is 15.2. The van der Waals surface area contributed by atoms with Gasteiger partial charge in [-0.25, -0.2) is 0 Å². The molecule has 2 heteroatoms. The van der Waals surface area contributed by atoms with E-state index in [1.165, 1.54) is 81.9 Å². The number of para-hydroxylation sites is 2. The van der Waals surface area contributed by atoms with Gasteiger partial charge >= 0.3 is 0 Å². The molecule has 2 aliphatic heterocycles. The van der Waals surface area contributed by atoms with Crippen LogP contribution in [0.15, 0.2) is 120 Å². The molecule has 2 heterocycles. The van der Waals surface area contributed by atoms with Crippen molar-refractivity contribution in [1.29, 1.82) is 0 Å². The van der Waals surface area contributed by atoms with Crippen molar-refractivity contribution >= 4 is 22.7 Å². The monoisotopic (exact) mass is 595 g/mol. The van der Waals surface area contributed by atoms with Crippen LogP contribution in [0.2, 0.25) is 0 Å². The summed E-state index contributed by atoms with van der Waals surface area (Å²) in [6.07, 6.45) is 16.7.